The number of carbonyl (C=O) groups is 2. The van der Waals surface area contributed by atoms with Crippen LogP contribution in [0.3, 0.4) is 0 Å². The van der Waals surface area contributed by atoms with Gasteiger partial charge in [-0.2, -0.15) is 0 Å². The molecule has 1 aliphatic carbocycles. The lowest BCUT2D eigenvalue weighted by Crippen LogP contribution is -2.57. The van der Waals surface area contributed by atoms with Crippen molar-refractivity contribution in [1.82, 2.24) is 30.5 Å². The van der Waals surface area contributed by atoms with E-state index in [1.54, 1.807) is 25.5 Å². The van der Waals surface area contributed by atoms with Gasteiger partial charge in [-0.1, -0.05) is 19.3 Å². The Kier molecular flexibility index (Phi) is 7.44. The molecule has 4 heterocycles. The third-order valence-corrected chi connectivity index (χ3v) is 9.30. The fourth-order valence-corrected chi connectivity index (χ4v) is 7.15. The van der Waals surface area contributed by atoms with Crippen molar-refractivity contribution in [2.75, 3.05) is 25.0 Å². The number of aromatic nitrogens is 3. The molecule has 2 amide bonds. The highest BCUT2D eigenvalue weighted by molar-refractivity contribution is 5.91. The van der Waals surface area contributed by atoms with Gasteiger partial charge in [0.15, 0.2) is 0 Å². The van der Waals surface area contributed by atoms with Gasteiger partial charge in [-0.3, -0.25) is 9.59 Å². The Morgan fingerprint density at radius 1 is 1.12 bits per heavy atom. The van der Waals surface area contributed by atoms with Crippen molar-refractivity contribution in [2.24, 2.45) is 5.92 Å². The van der Waals surface area contributed by atoms with Crippen LogP contribution in [0.1, 0.15) is 56.9 Å². The summed E-state index contributed by atoms with van der Waals surface area (Å²) in [4.78, 5) is 44.1. The highest BCUT2D eigenvalue weighted by atomic mass is 19.1. The van der Waals surface area contributed by atoms with Crippen LogP contribution < -0.4 is 15.5 Å². The lowest BCUT2D eigenvalue weighted by atomic mass is 9.82. The van der Waals surface area contributed by atoms with E-state index in [4.69, 9.17) is 0 Å². The molecule has 1 saturated carbocycles. The van der Waals surface area contributed by atoms with Crippen LogP contribution in [0.4, 0.5) is 10.3 Å². The summed E-state index contributed by atoms with van der Waals surface area (Å²) in [5.41, 5.74) is 1.80. The number of benzene rings is 1. The Labute approximate surface area is 233 Å². The second-order valence-corrected chi connectivity index (χ2v) is 11.5. The van der Waals surface area contributed by atoms with Gasteiger partial charge in [-0.25, -0.2) is 14.4 Å². The second-order valence-electron chi connectivity index (χ2n) is 11.5. The maximum absolute atomic E-state index is 14.5. The minimum atomic E-state index is -0.554. The van der Waals surface area contributed by atoms with Gasteiger partial charge in [0.1, 0.15) is 11.9 Å². The fourth-order valence-electron chi connectivity index (χ4n) is 7.15. The number of amides is 2. The largest absolute Gasteiger partial charge is 0.361 e. The summed E-state index contributed by atoms with van der Waals surface area (Å²) in [6, 6.07) is 5.60. The first-order valence-corrected chi connectivity index (χ1v) is 14.5. The van der Waals surface area contributed by atoms with Crippen molar-refractivity contribution in [2.45, 2.75) is 75.5 Å². The quantitative estimate of drug-likeness (QED) is 0.419. The number of likely N-dealkylation sites (tertiary alicyclic amines) is 1. The van der Waals surface area contributed by atoms with E-state index in [0.717, 1.165) is 48.6 Å². The van der Waals surface area contributed by atoms with Crippen molar-refractivity contribution < 1.29 is 14.0 Å². The minimum absolute atomic E-state index is 0.00256. The van der Waals surface area contributed by atoms with E-state index in [-0.39, 0.29) is 47.6 Å². The van der Waals surface area contributed by atoms with Crippen molar-refractivity contribution in [3.8, 4) is 0 Å². The molecule has 2 saturated heterocycles. The molecule has 0 unspecified atom stereocenters. The van der Waals surface area contributed by atoms with Crippen LogP contribution in [0.5, 0.6) is 0 Å². The van der Waals surface area contributed by atoms with Gasteiger partial charge < -0.3 is 25.4 Å². The molecule has 0 bridgehead atoms. The van der Waals surface area contributed by atoms with Gasteiger partial charge in [0.2, 0.25) is 17.8 Å². The van der Waals surface area contributed by atoms with Crippen LogP contribution in [-0.4, -0.2) is 76.0 Å². The second kappa shape index (κ2) is 11.2. The molecule has 1 aromatic carbocycles. The molecule has 40 heavy (non-hydrogen) atoms. The van der Waals surface area contributed by atoms with Crippen LogP contribution in [-0.2, 0) is 9.59 Å². The molecule has 212 valence electrons. The standard InChI is InChI=1S/C30H38FN7O2/c1-18(32-2)28(39)36-26(19-7-4-3-5-8-19)29(40)37-14-11-25-27(37)23(17-38(25)30-33-12-6-13-34-30)22-16-35-24-15-20(31)9-10-21(22)24/h6,9-10,12-13,15-16,18-19,23,25-27,32,35H,3-5,7-8,11,14,17H2,1-2H3,(H,36,39)/t18-,23+,25+,26-,27+/m0/s1. The Bertz CT molecular complexity index is 1360. The van der Waals surface area contributed by atoms with E-state index in [1.807, 2.05) is 24.1 Å². The number of likely N-dealkylation sites (N-methyl/N-ethyl adjacent to an activating group) is 1. The Hall–Kier alpha value is -3.53. The minimum Gasteiger partial charge on any atom is -0.361 e. The monoisotopic (exact) mass is 547 g/mol. The third-order valence-electron chi connectivity index (χ3n) is 9.30. The van der Waals surface area contributed by atoms with Crippen LogP contribution in [0.25, 0.3) is 10.9 Å². The average molecular weight is 548 g/mol. The maximum Gasteiger partial charge on any atom is 0.245 e. The smallest absolute Gasteiger partial charge is 0.245 e. The number of nitrogens with zero attached hydrogens (tertiary/aromatic N) is 4. The predicted molar refractivity (Wildman–Crippen MR) is 151 cm³/mol. The molecule has 3 aromatic rings. The number of halogens is 1. The molecule has 0 spiro atoms. The Morgan fingerprint density at radius 2 is 1.90 bits per heavy atom. The molecular weight excluding hydrogens is 509 g/mol. The van der Waals surface area contributed by atoms with Crippen molar-refractivity contribution in [1.29, 1.82) is 0 Å². The number of carbonyl (C=O) groups excluding carboxylic acids is 2. The normalized spacial score (nSPS) is 24.7. The lowest BCUT2D eigenvalue weighted by Gasteiger charge is -2.36. The summed E-state index contributed by atoms with van der Waals surface area (Å²) < 4.78 is 14.0. The molecule has 2 aliphatic heterocycles. The van der Waals surface area contributed by atoms with Crippen LogP contribution in [0.2, 0.25) is 0 Å². The van der Waals surface area contributed by atoms with E-state index in [0.29, 0.717) is 19.0 Å². The number of aromatic amines is 1. The number of H-pyrrole nitrogens is 1. The van der Waals surface area contributed by atoms with Crippen LogP contribution in [0.15, 0.2) is 42.9 Å². The molecule has 3 N–H and O–H groups in total. The van der Waals surface area contributed by atoms with Gasteiger partial charge in [0, 0.05) is 48.5 Å². The third kappa shape index (κ3) is 4.82. The first-order chi connectivity index (χ1) is 19.5. The summed E-state index contributed by atoms with van der Waals surface area (Å²) in [6.07, 6.45) is 11.4. The summed E-state index contributed by atoms with van der Waals surface area (Å²) >= 11 is 0. The number of hydrogen-bond acceptors (Lipinski definition) is 6. The predicted octanol–water partition coefficient (Wildman–Crippen LogP) is 3.34. The van der Waals surface area contributed by atoms with Gasteiger partial charge in [0.25, 0.3) is 0 Å². The maximum atomic E-state index is 14.5. The summed E-state index contributed by atoms with van der Waals surface area (Å²) in [7, 11) is 1.75. The van der Waals surface area contributed by atoms with Gasteiger partial charge >= 0.3 is 0 Å². The SMILES string of the molecule is CN[C@@H](C)C(=O)N[C@H](C(=O)N1CC[C@@H]2[C@H]1[C@@H](c1c[nH]c3cc(F)ccc13)CN2c1ncccn1)C1CCCCC1. The van der Waals surface area contributed by atoms with E-state index in [1.165, 1.54) is 18.6 Å². The van der Waals surface area contributed by atoms with Gasteiger partial charge in [0.05, 0.1) is 18.1 Å². The highest BCUT2D eigenvalue weighted by Crippen LogP contribution is 2.44. The van der Waals surface area contributed by atoms with Crippen molar-refractivity contribution in [3.05, 3.63) is 54.2 Å². The first kappa shape index (κ1) is 26.7. The fraction of sp³-hybridized carbons (Fsp3) is 0.533. The van der Waals surface area contributed by atoms with Crippen molar-refractivity contribution >= 4 is 28.7 Å². The Morgan fingerprint density at radius 3 is 2.65 bits per heavy atom. The number of fused-ring (bicyclic) bond motifs is 2. The zero-order valence-electron chi connectivity index (χ0n) is 23.1. The molecule has 0 radical (unpaired) electrons. The zero-order valence-corrected chi connectivity index (χ0v) is 23.1. The molecule has 3 fully saturated rings. The van der Waals surface area contributed by atoms with E-state index in [9.17, 15) is 14.0 Å². The molecule has 3 aliphatic rings. The number of rotatable bonds is 7. The lowest BCUT2D eigenvalue weighted by molar-refractivity contribution is -0.139. The number of hydrogen-bond donors (Lipinski definition) is 3. The summed E-state index contributed by atoms with van der Waals surface area (Å²) in [5.74, 6) is 0.311. The van der Waals surface area contributed by atoms with Crippen LogP contribution in [0, 0.1) is 11.7 Å². The number of anilines is 1. The first-order valence-electron chi connectivity index (χ1n) is 14.5. The van der Waals surface area contributed by atoms with Gasteiger partial charge in [-0.05, 0) is 69.0 Å². The number of nitrogens with one attached hydrogen (secondary N) is 3. The molecular formula is C30H38FN7O2. The molecule has 6 rings (SSSR count). The van der Waals surface area contributed by atoms with E-state index < -0.39 is 6.04 Å². The van der Waals surface area contributed by atoms with E-state index in [2.05, 4.69) is 30.5 Å². The Balaban J connectivity index is 1.36. The molecule has 5 atom stereocenters. The van der Waals surface area contributed by atoms with E-state index >= 15 is 0 Å². The summed E-state index contributed by atoms with van der Waals surface area (Å²) in [6.45, 7) is 3.06. The molecule has 9 nitrogen and oxygen atoms in total. The zero-order chi connectivity index (χ0) is 27.8. The summed E-state index contributed by atoms with van der Waals surface area (Å²) in [5, 5.41) is 7.10. The van der Waals surface area contributed by atoms with Crippen LogP contribution >= 0.6 is 0 Å². The van der Waals surface area contributed by atoms with Crippen molar-refractivity contribution in [3.63, 3.8) is 0 Å². The topological polar surface area (TPSA) is 106 Å². The van der Waals surface area contributed by atoms with Gasteiger partial charge in [-0.15, -0.1) is 0 Å². The average Bonchev–Trinajstić information content (AvgIpc) is 3.70. The molecule has 10 heteroatoms. The highest BCUT2D eigenvalue weighted by Gasteiger charge is 2.53. The molecule has 2 aromatic heterocycles.